The van der Waals surface area contributed by atoms with Crippen molar-refractivity contribution in [3.05, 3.63) is 18.2 Å². The lowest BCUT2D eigenvalue weighted by atomic mass is 9.98. The highest BCUT2D eigenvalue weighted by molar-refractivity contribution is 5.09. The van der Waals surface area contributed by atoms with Crippen molar-refractivity contribution >= 4 is 0 Å². The fourth-order valence-electron chi connectivity index (χ4n) is 2.82. The number of imidazole rings is 1. The summed E-state index contributed by atoms with van der Waals surface area (Å²) in [6, 6.07) is 0.520. The second-order valence-electron chi connectivity index (χ2n) is 5.11. The van der Waals surface area contributed by atoms with E-state index in [9.17, 15) is 0 Å². The molecule has 0 amide bonds. The van der Waals surface area contributed by atoms with Crippen LogP contribution in [0, 0.1) is 5.92 Å². The Kier molecular flexibility index (Phi) is 4.18. The van der Waals surface area contributed by atoms with E-state index >= 15 is 0 Å². The molecule has 17 heavy (non-hydrogen) atoms. The van der Waals surface area contributed by atoms with E-state index in [1.165, 1.54) is 25.1 Å². The Morgan fingerprint density at radius 1 is 1.47 bits per heavy atom. The minimum absolute atomic E-state index is 0.520. The molecule has 1 aromatic rings. The van der Waals surface area contributed by atoms with Crippen molar-refractivity contribution in [3.63, 3.8) is 0 Å². The molecule has 96 valence electrons. The van der Waals surface area contributed by atoms with E-state index in [0.29, 0.717) is 12.0 Å². The Balaban J connectivity index is 2.04. The molecule has 0 bridgehead atoms. The first-order valence-electron chi connectivity index (χ1n) is 6.61. The summed E-state index contributed by atoms with van der Waals surface area (Å²) in [5, 5.41) is 3.55. The molecule has 1 fully saturated rings. The first-order valence-corrected chi connectivity index (χ1v) is 6.61. The highest BCUT2D eigenvalue weighted by Crippen LogP contribution is 2.35. The Morgan fingerprint density at radius 2 is 2.29 bits per heavy atom. The van der Waals surface area contributed by atoms with Crippen LogP contribution in [-0.4, -0.2) is 41.1 Å². The van der Waals surface area contributed by atoms with Crippen molar-refractivity contribution in [1.82, 2.24) is 19.8 Å². The molecule has 1 aliphatic rings. The lowest BCUT2D eigenvalue weighted by Crippen LogP contribution is -2.30. The van der Waals surface area contributed by atoms with Gasteiger partial charge in [0.15, 0.2) is 0 Å². The number of rotatable bonds is 5. The summed E-state index contributed by atoms with van der Waals surface area (Å²) in [4.78, 5) is 6.70. The highest BCUT2D eigenvalue weighted by atomic mass is 15.2. The summed E-state index contributed by atoms with van der Waals surface area (Å²) in [5.41, 5.74) is 1.34. The molecule has 2 rings (SSSR count). The quantitative estimate of drug-likeness (QED) is 0.785. The number of hydrogen-bond donors (Lipinski definition) is 1. The van der Waals surface area contributed by atoms with Crippen LogP contribution in [0.1, 0.15) is 31.5 Å². The van der Waals surface area contributed by atoms with Crippen LogP contribution in [0.5, 0.6) is 0 Å². The molecule has 0 spiro atoms. The molecule has 1 N–H and O–H groups in total. The Hall–Kier alpha value is -0.870. The zero-order chi connectivity index (χ0) is 12.3. The SMILES string of the molecule is CCCNCC1CCN(C)C1c1cncn1C. The highest BCUT2D eigenvalue weighted by Gasteiger charge is 2.34. The van der Waals surface area contributed by atoms with Gasteiger partial charge in [0.1, 0.15) is 0 Å². The van der Waals surface area contributed by atoms with Crippen molar-refractivity contribution in [1.29, 1.82) is 0 Å². The molecule has 4 heteroatoms. The molecule has 0 aliphatic carbocycles. The largest absolute Gasteiger partial charge is 0.336 e. The van der Waals surface area contributed by atoms with E-state index in [2.05, 4.69) is 40.8 Å². The third kappa shape index (κ3) is 2.69. The Bertz CT molecular complexity index is 347. The average molecular weight is 236 g/mol. The molecular formula is C13H24N4. The van der Waals surface area contributed by atoms with E-state index in [0.717, 1.165) is 13.1 Å². The van der Waals surface area contributed by atoms with Crippen LogP contribution in [-0.2, 0) is 7.05 Å². The fourth-order valence-corrected chi connectivity index (χ4v) is 2.82. The zero-order valence-corrected chi connectivity index (χ0v) is 11.2. The molecule has 2 unspecified atom stereocenters. The standard InChI is InChI=1S/C13H24N4/c1-4-6-14-8-11-5-7-16(2)13(11)12-9-15-10-17(12)3/h9-11,13-14H,4-8H2,1-3H3. The van der Waals surface area contributed by atoms with Crippen molar-refractivity contribution in [2.45, 2.75) is 25.8 Å². The average Bonchev–Trinajstić information content (AvgIpc) is 2.86. The van der Waals surface area contributed by atoms with Crippen LogP contribution in [0.4, 0.5) is 0 Å². The molecule has 2 heterocycles. The first kappa shape index (κ1) is 12.6. The summed E-state index contributed by atoms with van der Waals surface area (Å²) in [6.07, 6.45) is 6.40. The summed E-state index contributed by atoms with van der Waals surface area (Å²) in [7, 11) is 4.31. The summed E-state index contributed by atoms with van der Waals surface area (Å²) >= 11 is 0. The van der Waals surface area contributed by atoms with Crippen LogP contribution in [0.25, 0.3) is 0 Å². The van der Waals surface area contributed by atoms with Gasteiger partial charge in [-0.2, -0.15) is 0 Å². The third-order valence-corrected chi connectivity index (χ3v) is 3.76. The van der Waals surface area contributed by atoms with E-state index < -0.39 is 0 Å². The Labute approximate surface area is 104 Å². The van der Waals surface area contributed by atoms with Crippen LogP contribution >= 0.6 is 0 Å². The van der Waals surface area contributed by atoms with Crippen molar-refractivity contribution in [3.8, 4) is 0 Å². The summed E-state index contributed by atoms with van der Waals surface area (Å²) in [5.74, 6) is 0.710. The number of nitrogens with one attached hydrogen (secondary N) is 1. The van der Waals surface area contributed by atoms with Crippen molar-refractivity contribution < 1.29 is 0 Å². The fraction of sp³-hybridized carbons (Fsp3) is 0.769. The molecule has 1 aromatic heterocycles. The summed E-state index contributed by atoms with van der Waals surface area (Å²) < 4.78 is 2.15. The van der Waals surface area contributed by atoms with Gasteiger partial charge >= 0.3 is 0 Å². The molecule has 0 aromatic carbocycles. The van der Waals surface area contributed by atoms with Crippen LogP contribution in [0.15, 0.2) is 12.5 Å². The normalized spacial score (nSPS) is 25.6. The van der Waals surface area contributed by atoms with Gasteiger partial charge in [-0.05, 0) is 45.4 Å². The van der Waals surface area contributed by atoms with Crippen molar-refractivity contribution in [2.75, 3.05) is 26.7 Å². The monoisotopic (exact) mass is 236 g/mol. The predicted molar refractivity (Wildman–Crippen MR) is 69.8 cm³/mol. The van der Waals surface area contributed by atoms with Crippen LogP contribution < -0.4 is 5.32 Å². The summed E-state index contributed by atoms with van der Waals surface area (Å²) in [6.45, 7) is 5.65. The van der Waals surface area contributed by atoms with Crippen LogP contribution in [0.3, 0.4) is 0 Å². The molecule has 4 nitrogen and oxygen atoms in total. The second kappa shape index (κ2) is 5.65. The number of aryl methyl sites for hydroxylation is 1. The van der Waals surface area contributed by atoms with E-state index in [1.54, 1.807) is 0 Å². The minimum Gasteiger partial charge on any atom is -0.336 e. The lowest BCUT2D eigenvalue weighted by molar-refractivity contribution is 0.262. The van der Waals surface area contributed by atoms with E-state index in [4.69, 9.17) is 0 Å². The van der Waals surface area contributed by atoms with Gasteiger partial charge in [0.05, 0.1) is 18.1 Å². The topological polar surface area (TPSA) is 33.1 Å². The van der Waals surface area contributed by atoms with Gasteiger partial charge < -0.3 is 9.88 Å². The van der Waals surface area contributed by atoms with Gasteiger partial charge in [0.25, 0.3) is 0 Å². The third-order valence-electron chi connectivity index (χ3n) is 3.76. The maximum Gasteiger partial charge on any atom is 0.0946 e. The maximum absolute atomic E-state index is 4.25. The number of aromatic nitrogens is 2. The molecule has 1 aliphatic heterocycles. The predicted octanol–water partition coefficient (Wildman–Crippen LogP) is 1.41. The molecule has 1 saturated heterocycles. The number of hydrogen-bond acceptors (Lipinski definition) is 3. The minimum atomic E-state index is 0.520. The van der Waals surface area contributed by atoms with Gasteiger partial charge in [-0.25, -0.2) is 4.98 Å². The van der Waals surface area contributed by atoms with Gasteiger partial charge in [-0.1, -0.05) is 6.92 Å². The Morgan fingerprint density at radius 3 is 2.94 bits per heavy atom. The zero-order valence-electron chi connectivity index (χ0n) is 11.2. The smallest absolute Gasteiger partial charge is 0.0946 e. The first-order chi connectivity index (χ1) is 8.24. The lowest BCUT2D eigenvalue weighted by Gasteiger charge is -2.25. The van der Waals surface area contributed by atoms with Gasteiger partial charge in [-0.15, -0.1) is 0 Å². The number of nitrogens with zero attached hydrogens (tertiary/aromatic N) is 3. The van der Waals surface area contributed by atoms with Gasteiger partial charge in [0, 0.05) is 13.2 Å². The van der Waals surface area contributed by atoms with Crippen molar-refractivity contribution in [2.24, 2.45) is 13.0 Å². The van der Waals surface area contributed by atoms with Crippen LogP contribution in [0.2, 0.25) is 0 Å². The van der Waals surface area contributed by atoms with Gasteiger partial charge in [-0.3, -0.25) is 4.90 Å². The molecule has 0 saturated carbocycles. The molecular weight excluding hydrogens is 212 g/mol. The second-order valence-corrected chi connectivity index (χ2v) is 5.11. The molecule has 0 radical (unpaired) electrons. The maximum atomic E-state index is 4.25. The molecule has 2 atom stereocenters. The van der Waals surface area contributed by atoms with Gasteiger partial charge in [0.2, 0.25) is 0 Å². The van der Waals surface area contributed by atoms with E-state index in [1.807, 2.05) is 12.5 Å². The van der Waals surface area contributed by atoms with E-state index in [-0.39, 0.29) is 0 Å². The number of likely N-dealkylation sites (tertiary alicyclic amines) is 1.